The van der Waals surface area contributed by atoms with Gasteiger partial charge in [-0.2, -0.15) is 0 Å². The number of nitrogens with one attached hydrogen (secondary N) is 1. The first-order valence-corrected chi connectivity index (χ1v) is 6.65. The van der Waals surface area contributed by atoms with E-state index in [2.05, 4.69) is 5.32 Å². The lowest BCUT2D eigenvalue weighted by atomic mass is 10.1. The maximum atomic E-state index is 12.0. The fraction of sp³-hybridized carbons (Fsp3) is 0.231. The average Bonchev–Trinajstić information content (AvgIpc) is 2.82. The van der Waals surface area contributed by atoms with Crippen molar-refractivity contribution in [2.45, 2.75) is 0 Å². The molecule has 0 unspecified atom stereocenters. The molecule has 0 atom stereocenters. The molecule has 18 heavy (non-hydrogen) atoms. The van der Waals surface area contributed by atoms with Crippen LogP contribution in [0.3, 0.4) is 0 Å². The Bertz CT molecular complexity index is 576. The van der Waals surface area contributed by atoms with Crippen LogP contribution < -0.4 is 5.32 Å². The van der Waals surface area contributed by atoms with Gasteiger partial charge in [-0.15, -0.1) is 11.8 Å². The molecule has 0 saturated heterocycles. The molecule has 94 valence electrons. The van der Waals surface area contributed by atoms with E-state index in [1.807, 2.05) is 24.3 Å². The van der Waals surface area contributed by atoms with Gasteiger partial charge in [0, 0.05) is 12.4 Å². The Morgan fingerprint density at radius 2 is 2.06 bits per heavy atom. The van der Waals surface area contributed by atoms with Crippen LogP contribution in [0.5, 0.6) is 0 Å². The topological polar surface area (TPSA) is 59.3 Å². The zero-order chi connectivity index (χ0) is 13.0. The van der Waals surface area contributed by atoms with Gasteiger partial charge in [0.2, 0.25) is 5.91 Å². The fourth-order valence-electron chi connectivity index (χ4n) is 1.58. The minimum Gasteiger partial charge on any atom is -0.464 e. The van der Waals surface area contributed by atoms with Crippen molar-refractivity contribution < 1.29 is 14.0 Å². The van der Waals surface area contributed by atoms with Gasteiger partial charge in [0.1, 0.15) is 11.8 Å². The zero-order valence-corrected chi connectivity index (χ0v) is 10.8. The third kappa shape index (κ3) is 2.73. The van der Waals surface area contributed by atoms with Crippen LogP contribution in [-0.4, -0.2) is 30.2 Å². The Hall–Kier alpha value is -1.75. The quantitative estimate of drug-likeness (QED) is 0.839. The second kappa shape index (κ2) is 5.73. The molecule has 0 aliphatic carbocycles. The molecule has 0 aliphatic rings. The van der Waals surface area contributed by atoms with E-state index in [1.165, 1.54) is 18.0 Å². The number of furan rings is 1. The lowest BCUT2D eigenvalue weighted by Gasteiger charge is -1.99. The van der Waals surface area contributed by atoms with Gasteiger partial charge < -0.3 is 9.73 Å². The first kappa shape index (κ1) is 12.7. The molecule has 1 N–H and O–H groups in total. The summed E-state index contributed by atoms with van der Waals surface area (Å²) in [6.07, 6.45) is 1.48. The van der Waals surface area contributed by atoms with Gasteiger partial charge in [-0.1, -0.05) is 18.2 Å². The van der Waals surface area contributed by atoms with E-state index in [4.69, 9.17) is 4.42 Å². The third-order valence-corrected chi connectivity index (χ3v) is 3.46. The number of para-hydroxylation sites is 1. The average molecular weight is 263 g/mol. The highest BCUT2D eigenvalue weighted by atomic mass is 32.2. The highest BCUT2D eigenvalue weighted by molar-refractivity contribution is 8.00. The van der Waals surface area contributed by atoms with Crippen LogP contribution in [-0.2, 0) is 4.79 Å². The standard InChI is InChI=1S/C13H13NO3S/c1-14-13(16)8-18-7-11(15)10-6-17-12-5-3-2-4-9(10)12/h2-6H,7-8H2,1H3,(H,14,16). The van der Waals surface area contributed by atoms with Gasteiger partial charge in [0.05, 0.1) is 17.1 Å². The maximum Gasteiger partial charge on any atom is 0.229 e. The van der Waals surface area contributed by atoms with Crippen molar-refractivity contribution in [3.05, 3.63) is 36.1 Å². The van der Waals surface area contributed by atoms with Crippen molar-refractivity contribution in [2.75, 3.05) is 18.6 Å². The molecule has 1 heterocycles. The second-order valence-electron chi connectivity index (χ2n) is 3.73. The van der Waals surface area contributed by atoms with E-state index >= 15 is 0 Å². The first-order chi connectivity index (χ1) is 8.72. The SMILES string of the molecule is CNC(=O)CSCC(=O)c1coc2ccccc12. The molecule has 2 aromatic rings. The molecule has 0 fully saturated rings. The van der Waals surface area contributed by atoms with Crippen LogP contribution in [0, 0.1) is 0 Å². The van der Waals surface area contributed by atoms with Crippen LogP contribution in [0.15, 0.2) is 34.9 Å². The van der Waals surface area contributed by atoms with Crippen LogP contribution in [0.4, 0.5) is 0 Å². The van der Waals surface area contributed by atoms with Gasteiger partial charge in [0.25, 0.3) is 0 Å². The van der Waals surface area contributed by atoms with Crippen molar-refractivity contribution in [3.63, 3.8) is 0 Å². The maximum absolute atomic E-state index is 12.0. The van der Waals surface area contributed by atoms with Crippen molar-refractivity contribution in [1.82, 2.24) is 5.32 Å². The van der Waals surface area contributed by atoms with Crippen molar-refractivity contribution in [2.24, 2.45) is 0 Å². The lowest BCUT2D eigenvalue weighted by molar-refractivity contribution is -0.118. The number of benzene rings is 1. The molecule has 0 saturated carbocycles. The number of thioether (sulfide) groups is 1. The number of rotatable bonds is 5. The molecule has 0 spiro atoms. The Morgan fingerprint density at radius 3 is 2.83 bits per heavy atom. The predicted octanol–water partition coefficient (Wildman–Crippen LogP) is 2.09. The molecule has 2 rings (SSSR count). The fourth-order valence-corrected chi connectivity index (χ4v) is 2.35. The van der Waals surface area contributed by atoms with Crippen LogP contribution >= 0.6 is 11.8 Å². The zero-order valence-electron chi connectivity index (χ0n) is 9.93. The molecule has 1 amide bonds. The summed E-state index contributed by atoms with van der Waals surface area (Å²) >= 11 is 1.30. The summed E-state index contributed by atoms with van der Waals surface area (Å²) in [5.41, 5.74) is 1.28. The predicted molar refractivity (Wildman–Crippen MR) is 71.9 cm³/mol. The number of Topliss-reactive ketones (excluding diaryl/α,β-unsaturated/α-hetero) is 1. The molecule has 0 aliphatic heterocycles. The highest BCUT2D eigenvalue weighted by Crippen LogP contribution is 2.22. The number of hydrogen-bond donors (Lipinski definition) is 1. The van der Waals surface area contributed by atoms with Gasteiger partial charge in [-0.05, 0) is 6.07 Å². The summed E-state index contributed by atoms with van der Waals surface area (Å²) in [4.78, 5) is 23.0. The molecule has 0 bridgehead atoms. The second-order valence-corrected chi connectivity index (χ2v) is 4.72. The van der Waals surface area contributed by atoms with E-state index in [-0.39, 0.29) is 23.2 Å². The molecule has 1 aromatic carbocycles. The molecule has 1 aromatic heterocycles. The molecule has 5 heteroatoms. The number of carbonyl (C=O) groups excluding carboxylic acids is 2. The summed E-state index contributed by atoms with van der Waals surface area (Å²) in [5, 5.41) is 3.34. The van der Waals surface area contributed by atoms with Crippen LogP contribution in [0.2, 0.25) is 0 Å². The largest absolute Gasteiger partial charge is 0.464 e. The van der Waals surface area contributed by atoms with Gasteiger partial charge in [0.15, 0.2) is 5.78 Å². The third-order valence-electron chi connectivity index (χ3n) is 2.53. The van der Waals surface area contributed by atoms with Gasteiger partial charge in [-0.3, -0.25) is 9.59 Å². The van der Waals surface area contributed by atoms with Gasteiger partial charge >= 0.3 is 0 Å². The lowest BCUT2D eigenvalue weighted by Crippen LogP contribution is -2.20. The Kier molecular flexibility index (Phi) is 4.04. The van der Waals surface area contributed by atoms with Gasteiger partial charge in [-0.25, -0.2) is 0 Å². The number of ketones is 1. The van der Waals surface area contributed by atoms with E-state index in [1.54, 1.807) is 7.05 Å². The van der Waals surface area contributed by atoms with Crippen LogP contribution in [0.25, 0.3) is 11.0 Å². The Morgan fingerprint density at radius 1 is 1.28 bits per heavy atom. The summed E-state index contributed by atoms with van der Waals surface area (Å²) in [6, 6.07) is 7.41. The minimum absolute atomic E-state index is 0.0196. The Balaban J connectivity index is 2.03. The van der Waals surface area contributed by atoms with Crippen molar-refractivity contribution in [3.8, 4) is 0 Å². The van der Waals surface area contributed by atoms with E-state index in [0.717, 1.165) is 5.39 Å². The smallest absolute Gasteiger partial charge is 0.229 e. The number of fused-ring (bicyclic) bond motifs is 1. The monoisotopic (exact) mass is 263 g/mol. The first-order valence-electron chi connectivity index (χ1n) is 5.50. The molecule has 4 nitrogen and oxygen atoms in total. The summed E-state index contributed by atoms with van der Waals surface area (Å²) in [6.45, 7) is 0. The van der Waals surface area contributed by atoms with E-state index in [9.17, 15) is 9.59 Å². The summed E-state index contributed by atoms with van der Waals surface area (Å²) in [7, 11) is 1.58. The number of hydrogen-bond acceptors (Lipinski definition) is 4. The summed E-state index contributed by atoms with van der Waals surface area (Å²) in [5.74, 6) is 0.466. The van der Waals surface area contributed by atoms with Crippen molar-refractivity contribution >= 4 is 34.4 Å². The number of carbonyl (C=O) groups is 2. The number of amides is 1. The minimum atomic E-state index is -0.0788. The molecular formula is C13H13NO3S. The normalized spacial score (nSPS) is 10.5. The highest BCUT2D eigenvalue weighted by Gasteiger charge is 2.13. The van der Waals surface area contributed by atoms with Crippen LogP contribution in [0.1, 0.15) is 10.4 Å². The molecule has 0 radical (unpaired) electrons. The van der Waals surface area contributed by atoms with E-state index in [0.29, 0.717) is 11.1 Å². The molecular weight excluding hydrogens is 250 g/mol. The van der Waals surface area contributed by atoms with E-state index < -0.39 is 0 Å². The Labute approximate surface area is 109 Å². The summed E-state index contributed by atoms with van der Waals surface area (Å²) < 4.78 is 5.31. The van der Waals surface area contributed by atoms with Crippen molar-refractivity contribution in [1.29, 1.82) is 0 Å².